The summed E-state index contributed by atoms with van der Waals surface area (Å²) in [5.41, 5.74) is 0. The first kappa shape index (κ1) is 14.8. The lowest BCUT2D eigenvalue weighted by Gasteiger charge is -2.31. The zero-order valence-corrected chi connectivity index (χ0v) is 10.9. The number of nitrogens with one attached hydrogen (secondary N) is 1. The smallest absolute Gasteiger partial charge is 0.317 e. The molecular weight excluding hydrogens is 236 g/mol. The second kappa shape index (κ2) is 7.92. The van der Waals surface area contributed by atoms with Gasteiger partial charge >= 0.3 is 12.0 Å². The number of amides is 2. The minimum Gasteiger partial charge on any atom is -0.481 e. The standard InChI is InChI=1S/C12H22N2O4/c1-18-10-5-8-14(9-6-10)12(17)13-7-3-2-4-11(15)16/h10H,2-9H2,1H3,(H,13,17)(H,15,16). The second-order valence-electron chi connectivity index (χ2n) is 4.50. The number of nitrogens with zero attached hydrogens (tertiary/aromatic N) is 1. The van der Waals surface area contributed by atoms with Crippen molar-refractivity contribution in [3.8, 4) is 0 Å². The lowest BCUT2D eigenvalue weighted by Crippen LogP contribution is -2.46. The fraction of sp³-hybridized carbons (Fsp3) is 0.833. The third kappa shape index (κ3) is 5.35. The normalized spacial score (nSPS) is 16.6. The Kier molecular flexibility index (Phi) is 6.49. The van der Waals surface area contributed by atoms with Crippen molar-refractivity contribution in [3.05, 3.63) is 0 Å². The van der Waals surface area contributed by atoms with E-state index in [2.05, 4.69) is 5.32 Å². The van der Waals surface area contributed by atoms with Gasteiger partial charge in [0.05, 0.1) is 6.10 Å². The molecule has 6 nitrogen and oxygen atoms in total. The first-order valence-corrected chi connectivity index (χ1v) is 6.41. The summed E-state index contributed by atoms with van der Waals surface area (Å²) in [6.45, 7) is 1.98. The molecule has 1 aliphatic rings. The fourth-order valence-corrected chi connectivity index (χ4v) is 2.00. The summed E-state index contributed by atoms with van der Waals surface area (Å²) in [7, 11) is 1.70. The van der Waals surface area contributed by atoms with Crippen molar-refractivity contribution >= 4 is 12.0 Å². The Balaban J connectivity index is 2.08. The Bertz CT molecular complexity index is 275. The Morgan fingerprint density at radius 3 is 2.56 bits per heavy atom. The van der Waals surface area contributed by atoms with Crippen molar-refractivity contribution < 1.29 is 19.4 Å². The molecule has 0 spiro atoms. The SMILES string of the molecule is COC1CCN(C(=O)NCCCCC(=O)O)CC1. The molecule has 1 heterocycles. The quantitative estimate of drug-likeness (QED) is 0.698. The molecule has 0 aromatic heterocycles. The summed E-state index contributed by atoms with van der Waals surface area (Å²) in [5.74, 6) is -0.789. The monoisotopic (exact) mass is 258 g/mol. The van der Waals surface area contributed by atoms with Crippen molar-refractivity contribution in [3.63, 3.8) is 0 Å². The summed E-state index contributed by atoms with van der Waals surface area (Å²) in [5, 5.41) is 11.3. The van der Waals surface area contributed by atoms with Gasteiger partial charge in [0.15, 0.2) is 0 Å². The Labute approximate surface area is 107 Å². The van der Waals surface area contributed by atoms with Crippen molar-refractivity contribution in [2.45, 2.75) is 38.2 Å². The van der Waals surface area contributed by atoms with Crippen LogP contribution >= 0.6 is 0 Å². The van der Waals surface area contributed by atoms with Gasteiger partial charge in [-0.1, -0.05) is 0 Å². The first-order valence-electron chi connectivity index (χ1n) is 6.41. The third-order valence-electron chi connectivity index (χ3n) is 3.16. The molecule has 0 atom stereocenters. The van der Waals surface area contributed by atoms with Crippen LogP contribution in [0.15, 0.2) is 0 Å². The molecule has 0 radical (unpaired) electrons. The van der Waals surface area contributed by atoms with Crippen LogP contribution in [0.25, 0.3) is 0 Å². The summed E-state index contributed by atoms with van der Waals surface area (Å²) in [6.07, 6.45) is 3.49. The number of carbonyl (C=O) groups is 2. The second-order valence-corrected chi connectivity index (χ2v) is 4.50. The molecule has 1 fully saturated rings. The number of hydrogen-bond donors (Lipinski definition) is 2. The van der Waals surface area contributed by atoms with E-state index in [-0.39, 0.29) is 18.6 Å². The van der Waals surface area contributed by atoms with Crippen molar-refractivity contribution in [1.29, 1.82) is 0 Å². The molecule has 2 amide bonds. The molecule has 0 unspecified atom stereocenters. The molecule has 18 heavy (non-hydrogen) atoms. The highest BCUT2D eigenvalue weighted by Gasteiger charge is 2.21. The molecule has 0 aromatic rings. The van der Waals surface area contributed by atoms with E-state index < -0.39 is 5.97 Å². The van der Waals surface area contributed by atoms with Crippen LogP contribution in [-0.4, -0.2) is 54.9 Å². The van der Waals surface area contributed by atoms with Crippen molar-refractivity contribution in [1.82, 2.24) is 10.2 Å². The molecule has 1 saturated heterocycles. The van der Waals surface area contributed by atoms with Crippen molar-refractivity contribution in [2.75, 3.05) is 26.7 Å². The van der Waals surface area contributed by atoms with Gasteiger partial charge in [-0.3, -0.25) is 4.79 Å². The third-order valence-corrected chi connectivity index (χ3v) is 3.16. The molecular formula is C12H22N2O4. The number of hydrogen-bond acceptors (Lipinski definition) is 3. The van der Waals surface area contributed by atoms with Crippen LogP contribution in [0, 0.1) is 0 Å². The van der Waals surface area contributed by atoms with Gasteiger partial charge in [-0.2, -0.15) is 0 Å². The van der Waals surface area contributed by atoms with Gasteiger partial charge in [0, 0.05) is 33.2 Å². The van der Waals surface area contributed by atoms with Crippen LogP contribution in [0.2, 0.25) is 0 Å². The average Bonchev–Trinajstić information content (AvgIpc) is 2.38. The van der Waals surface area contributed by atoms with Gasteiger partial charge in [-0.25, -0.2) is 4.79 Å². The van der Waals surface area contributed by atoms with Crippen LogP contribution in [-0.2, 0) is 9.53 Å². The maximum Gasteiger partial charge on any atom is 0.317 e. The lowest BCUT2D eigenvalue weighted by atomic mass is 10.1. The number of carboxylic acid groups (broad SMARTS) is 1. The number of likely N-dealkylation sites (tertiary alicyclic amines) is 1. The van der Waals surface area contributed by atoms with E-state index in [1.165, 1.54) is 0 Å². The van der Waals surface area contributed by atoms with E-state index in [4.69, 9.17) is 9.84 Å². The largest absolute Gasteiger partial charge is 0.481 e. The zero-order valence-electron chi connectivity index (χ0n) is 10.9. The van der Waals surface area contributed by atoms with E-state index in [1.54, 1.807) is 12.0 Å². The highest BCUT2D eigenvalue weighted by atomic mass is 16.5. The van der Waals surface area contributed by atoms with Crippen LogP contribution in [0.5, 0.6) is 0 Å². The minimum absolute atomic E-state index is 0.0557. The molecule has 6 heteroatoms. The summed E-state index contributed by atoms with van der Waals surface area (Å²) >= 11 is 0. The van der Waals surface area contributed by atoms with E-state index in [0.29, 0.717) is 19.4 Å². The van der Waals surface area contributed by atoms with Crippen LogP contribution in [0.4, 0.5) is 4.79 Å². The number of urea groups is 1. The highest BCUT2D eigenvalue weighted by Crippen LogP contribution is 2.12. The number of rotatable bonds is 6. The average molecular weight is 258 g/mol. The van der Waals surface area contributed by atoms with Gasteiger partial charge in [-0.05, 0) is 25.7 Å². The highest BCUT2D eigenvalue weighted by molar-refractivity contribution is 5.74. The van der Waals surface area contributed by atoms with Gasteiger partial charge in [-0.15, -0.1) is 0 Å². The van der Waals surface area contributed by atoms with E-state index >= 15 is 0 Å². The molecule has 0 aliphatic carbocycles. The van der Waals surface area contributed by atoms with Crippen LogP contribution < -0.4 is 5.32 Å². The predicted molar refractivity (Wildman–Crippen MR) is 66.5 cm³/mol. The Morgan fingerprint density at radius 2 is 2.00 bits per heavy atom. The van der Waals surface area contributed by atoms with Gasteiger partial charge in [0.25, 0.3) is 0 Å². The molecule has 104 valence electrons. The number of ether oxygens (including phenoxy) is 1. The number of carbonyl (C=O) groups excluding carboxylic acids is 1. The summed E-state index contributed by atoms with van der Waals surface area (Å²) in [6, 6.07) is -0.0557. The summed E-state index contributed by atoms with van der Waals surface area (Å²) in [4.78, 5) is 23.8. The number of carboxylic acids is 1. The predicted octanol–water partition coefficient (Wildman–Crippen LogP) is 1.06. The Morgan fingerprint density at radius 1 is 1.33 bits per heavy atom. The fourth-order valence-electron chi connectivity index (χ4n) is 2.00. The van der Waals surface area contributed by atoms with Crippen molar-refractivity contribution in [2.24, 2.45) is 0 Å². The number of methoxy groups -OCH3 is 1. The van der Waals surface area contributed by atoms with E-state index in [9.17, 15) is 9.59 Å². The molecule has 2 N–H and O–H groups in total. The topological polar surface area (TPSA) is 78.9 Å². The van der Waals surface area contributed by atoms with Gasteiger partial charge in [0.2, 0.25) is 0 Å². The maximum atomic E-state index is 11.7. The lowest BCUT2D eigenvalue weighted by molar-refractivity contribution is -0.137. The van der Waals surface area contributed by atoms with E-state index in [0.717, 1.165) is 25.9 Å². The minimum atomic E-state index is -0.789. The zero-order chi connectivity index (χ0) is 13.4. The van der Waals surface area contributed by atoms with Gasteiger partial charge < -0.3 is 20.1 Å². The van der Waals surface area contributed by atoms with Crippen LogP contribution in [0.3, 0.4) is 0 Å². The van der Waals surface area contributed by atoms with Gasteiger partial charge in [0.1, 0.15) is 0 Å². The Hall–Kier alpha value is -1.30. The molecule has 1 aliphatic heterocycles. The number of unbranched alkanes of at least 4 members (excludes halogenated alkanes) is 1. The molecule has 0 aromatic carbocycles. The van der Waals surface area contributed by atoms with E-state index in [1.807, 2.05) is 0 Å². The first-order chi connectivity index (χ1) is 8.63. The summed E-state index contributed by atoms with van der Waals surface area (Å²) < 4.78 is 5.24. The molecule has 1 rings (SSSR count). The molecule has 0 bridgehead atoms. The van der Waals surface area contributed by atoms with Crippen LogP contribution in [0.1, 0.15) is 32.1 Å². The maximum absolute atomic E-state index is 11.7. The number of aliphatic carboxylic acids is 1. The molecule has 0 saturated carbocycles. The number of piperidine rings is 1.